The summed E-state index contributed by atoms with van der Waals surface area (Å²) in [7, 11) is 1.94. The number of halogens is 1. The van der Waals surface area contributed by atoms with E-state index >= 15 is 0 Å². The summed E-state index contributed by atoms with van der Waals surface area (Å²) >= 11 is 0. The molecule has 3 aromatic rings. The number of likely N-dealkylation sites (tertiary alicyclic amines) is 1. The quantitative estimate of drug-likeness (QED) is 0.594. The molecule has 3 atom stereocenters. The summed E-state index contributed by atoms with van der Waals surface area (Å²) in [5.41, 5.74) is 1.86. The van der Waals surface area contributed by atoms with Gasteiger partial charge < -0.3 is 20.1 Å². The largest absolute Gasteiger partial charge is 0.486 e. The Labute approximate surface area is 204 Å². The fourth-order valence-corrected chi connectivity index (χ4v) is 4.82. The Morgan fingerprint density at radius 1 is 1.26 bits per heavy atom. The fraction of sp³-hybridized carbons (Fsp3) is 0.407. The monoisotopic (exact) mass is 478 g/mol. The minimum absolute atomic E-state index is 0.0761. The first-order valence-electron chi connectivity index (χ1n) is 12.0. The molecule has 4 bridgehead atoms. The van der Waals surface area contributed by atoms with Crippen LogP contribution in [0.1, 0.15) is 25.3 Å². The van der Waals surface area contributed by atoms with Crippen molar-refractivity contribution in [2.45, 2.75) is 44.1 Å². The zero-order valence-corrected chi connectivity index (χ0v) is 20.1. The molecule has 2 aromatic carbocycles. The van der Waals surface area contributed by atoms with Crippen LogP contribution in [0, 0.1) is 0 Å². The van der Waals surface area contributed by atoms with Crippen molar-refractivity contribution in [1.29, 1.82) is 0 Å². The predicted molar refractivity (Wildman–Crippen MR) is 134 cm³/mol. The number of carbonyl (C=O) groups excluding carboxylic acids is 1. The zero-order chi connectivity index (χ0) is 24.4. The number of amides is 1. The summed E-state index contributed by atoms with van der Waals surface area (Å²) in [6.07, 6.45) is 1.90. The summed E-state index contributed by atoms with van der Waals surface area (Å²) in [4.78, 5) is 19.7. The van der Waals surface area contributed by atoms with Gasteiger partial charge in [-0.15, -0.1) is 0 Å². The maximum Gasteiger partial charge on any atom is 0.240 e. The molecule has 3 unspecified atom stereocenters. The molecule has 1 fully saturated rings. The molecule has 0 aliphatic carbocycles. The Kier molecular flexibility index (Phi) is 6.47. The van der Waals surface area contributed by atoms with Gasteiger partial charge in [0.2, 0.25) is 5.91 Å². The topological polar surface area (TPSA) is 75.7 Å². The van der Waals surface area contributed by atoms with Crippen LogP contribution < -0.4 is 20.1 Å². The number of rotatable bonds is 3. The van der Waals surface area contributed by atoms with Crippen LogP contribution in [0.5, 0.6) is 11.5 Å². The van der Waals surface area contributed by atoms with Crippen molar-refractivity contribution >= 4 is 22.5 Å². The van der Waals surface area contributed by atoms with E-state index in [-0.39, 0.29) is 25.1 Å². The molecule has 8 heteroatoms. The molecule has 1 amide bonds. The van der Waals surface area contributed by atoms with Gasteiger partial charge in [0.1, 0.15) is 13.2 Å². The van der Waals surface area contributed by atoms with Gasteiger partial charge in [0.25, 0.3) is 0 Å². The van der Waals surface area contributed by atoms with E-state index in [0.717, 1.165) is 35.1 Å². The molecule has 2 aliphatic heterocycles. The van der Waals surface area contributed by atoms with Crippen LogP contribution in [0.2, 0.25) is 0 Å². The summed E-state index contributed by atoms with van der Waals surface area (Å²) in [6.45, 7) is 2.70. The molecular formula is C27H31FN4O3. The van der Waals surface area contributed by atoms with Gasteiger partial charge >= 0.3 is 0 Å². The highest BCUT2D eigenvalue weighted by molar-refractivity contribution is 5.90. The van der Waals surface area contributed by atoms with Crippen LogP contribution in [0.15, 0.2) is 54.7 Å². The summed E-state index contributed by atoms with van der Waals surface area (Å²) in [5, 5.41) is 7.11. The maximum absolute atomic E-state index is 14.9. The van der Waals surface area contributed by atoms with Gasteiger partial charge in [0.15, 0.2) is 17.7 Å². The third kappa shape index (κ3) is 4.89. The summed E-state index contributed by atoms with van der Waals surface area (Å²) in [6, 6.07) is 15.6. The third-order valence-corrected chi connectivity index (χ3v) is 7.07. The molecule has 0 spiro atoms. The number of likely N-dealkylation sites (N-methyl/N-ethyl adjacent to an activating group) is 1. The number of anilines is 1. The number of piperidine rings is 1. The molecule has 5 rings (SSSR count). The number of nitrogens with one attached hydrogen (secondary N) is 2. The molecule has 0 radical (unpaired) electrons. The number of benzene rings is 2. The smallest absolute Gasteiger partial charge is 0.240 e. The number of nitrogens with zero attached hydrogens (tertiary/aromatic N) is 2. The molecule has 184 valence electrons. The van der Waals surface area contributed by atoms with Crippen LogP contribution in [-0.2, 0) is 11.4 Å². The Morgan fingerprint density at radius 3 is 2.91 bits per heavy atom. The second kappa shape index (κ2) is 9.70. The Morgan fingerprint density at radius 2 is 2.09 bits per heavy atom. The van der Waals surface area contributed by atoms with Crippen molar-refractivity contribution in [1.82, 2.24) is 15.2 Å². The molecule has 7 nitrogen and oxygen atoms in total. The van der Waals surface area contributed by atoms with Gasteiger partial charge in [-0.1, -0.05) is 30.3 Å². The van der Waals surface area contributed by atoms with E-state index in [1.165, 1.54) is 0 Å². The second-order valence-corrected chi connectivity index (χ2v) is 9.61. The molecule has 0 saturated carbocycles. The molecule has 3 heterocycles. The van der Waals surface area contributed by atoms with Crippen LogP contribution in [0.4, 0.5) is 10.1 Å². The molecular weight excluding hydrogens is 447 g/mol. The van der Waals surface area contributed by atoms with Crippen molar-refractivity contribution in [3.05, 3.63) is 60.3 Å². The van der Waals surface area contributed by atoms with Gasteiger partial charge in [-0.05, 0) is 50.6 Å². The first kappa shape index (κ1) is 23.4. The van der Waals surface area contributed by atoms with Crippen molar-refractivity contribution in [3.8, 4) is 11.5 Å². The van der Waals surface area contributed by atoms with Gasteiger partial charge in [-0.2, -0.15) is 0 Å². The highest BCUT2D eigenvalue weighted by Gasteiger charge is 2.42. The van der Waals surface area contributed by atoms with E-state index in [9.17, 15) is 9.18 Å². The molecule has 1 aromatic heterocycles. The van der Waals surface area contributed by atoms with Crippen molar-refractivity contribution in [3.63, 3.8) is 0 Å². The number of hydrogen-bond donors (Lipinski definition) is 2. The lowest BCUT2D eigenvalue weighted by Crippen LogP contribution is -2.61. The van der Waals surface area contributed by atoms with Crippen LogP contribution in [0.25, 0.3) is 10.9 Å². The number of ether oxygens (including phenoxy) is 2. The van der Waals surface area contributed by atoms with Crippen LogP contribution in [0.3, 0.4) is 0 Å². The number of pyridine rings is 1. The average Bonchev–Trinajstić information content (AvgIpc) is 2.87. The third-order valence-electron chi connectivity index (χ3n) is 7.07. The van der Waals surface area contributed by atoms with Crippen LogP contribution >= 0.6 is 0 Å². The van der Waals surface area contributed by atoms with E-state index in [4.69, 9.17) is 9.47 Å². The number of alkyl halides is 1. The maximum atomic E-state index is 14.9. The van der Waals surface area contributed by atoms with Gasteiger partial charge in [0, 0.05) is 18.0 Å². The van der Waals surface area contributed by atoms with Crippen molar-refractivity contribution in [2.75, 3.05) is 32.1 Å². The Balaban J connectivity index is 1.50. The predicted octanol–water partition coefficient (Wildman–Crippen LogP) is 3.93. The van der Waals surface area contributed by atoms with E-state index in [2.05, 4.69) is 15.6 Å². The minimum Gasteiger partial charge on any atom is -0.486 e. The standard InChI is InChI=1S/C27H31FN4O3/c1-27-13-20(10-11-32(27)2)31-21-12-22-23(29-15-21)8-9-24(34-16-18-6-4-3-5-7-18)25(22)35-17-19(28)14-30-26(27)33/h3-9,12,15,19-20,31H,10-11,13-14,16-17H2,1-2H3,(H,30,33). The highest BCUT2D eigenvalue weighted by Crippen LogP contribution is 2.38. The van der Waals surface area contributed by atoms with E-state index in [1.807, 2.05) is 61.3 Å². The zero-order valence-electron chi connectivity index (χ0n) is 20.1. The van der Waals surface area contributed by atoms with Crippen molar-refractivity contribution in [2.24, 2.45) is 0 Å². The van der Waals surface area contributed by atoms with E-state index < -0.39 is 11.7 Å². The molecule has 2 aliphatic rings. The summed E-state index contributed by atoms with van der Waals surface area (Å²) < 4.78 is 27.0. The molecule has 2 N–H and O–H groups in total. The second-order valence-electron chi connectivity index (χ2n) is 9.61. The highest BCUT2D eigenvalue weighted by atomic mass is 19.1. The van der Waals surface area contributed by atoms with E-state index in [0.29, 0.717) is 24.5 Å². The fourth-order valence-electron chi connectivity index (χ4n) is 4.82. The number of aromatic nitrogens is 1. The lowest BCUT2D eigenvalue weighted by Gasteiger charge is -2.45. The van der Waals surface area contributed by atoms with Gasteiger partial charge in [-0.3, -0.25) is 14.7 Å². The molecule has 1 saturated heterocycles. The lowest BCUT2D eigenvalue weighted by molar-refractivity contribution is -0.134. The number of carbonyl (C=O) groups is 1. The molecule has 35 heavy (non-hydrogen) atoms. The van der Waals surface area contributed by atoms with Crippen molar-refractivity contribution < 1.29 is 18.7 Å². The average molecular weight is 479 g/mol. The van der Waals surface area contributed by atoms with E-state index in [1.54, 1.807) is 12.3 Å². The number of fused-ring (bicyclic) bond motifs is 3. The first-order chi connectivity index (χ1) is 16.9. The summed E-state index contributed by atoms with van der Waals surface area (Å²) in [5.74, 6) is 0.802. The normalized spacial score (nSPS) is 25.3. The number of hydrogen-bond acceptors (Lipinski definition) is 6. The Hall–Kier alpha value is -3.39. The Bertz CT molecular complexity index is 1210. The lowest BCUT2D eigenvalue weighted by atomic mass is 9.84. The SMILES string of the molecule is CN1CCC2CC1(C)C(=O)NCC(F)COc1c(OCc3ccccc3)ccc3ncc(cc13)N2. The van der Waals surface area contributed by atoms with Crippen LogP contribution in [-0.4, -0.2) is 60.3 Å². The van der Waals surface area contributed by atoms with Gasteiger partial charge in [-0.25, -0.2) is 4.39 Å². The van der Waals surface area contributed by atoms with Gasteiger partial charge in [0.05, 0.1) is 29.5 Å². The first-order valence-corrected chi connectivity index (χ1v) is 12.0. The minimum atomic E-state index is -1.37.